The Balaban J connectivity index is 1.45. The van der Waals surface area contributed by atoms with E-state index < -0.39 is 0 Å². The van der Waals surface area contributed by atoms with Crippen molar-refractivity contribution in [2.45, 2.75) is 13.8 Å². The zero-order chi connectivity index (χ0) is 21.8. The summed E-state index contributed by atoms with van der Waals surface area (Å²) in [5.74, 6) is 0.889. The normalized spacial score (nSPS) is 15.0. The molecule has 0 fully saturated rings. The third-order valence-corrected chi connectivity index (χ3v) is 5.34. The van der Waals surface area contributed by atoms with Crippen LogP contribution in [0.4, 0.5) is 10.1 Å². The molecule has 2 heterocycles. The minimum atomic E-state index is -0.371. The molecule has 7 heteroatoms. The molecule has 162 valence electrons. The first-order chi connectivity index (χ1) is 15.1. The van der Waals surface area contributed by atoms with Crippen LogP contribution in [0.25, 0.3) is 16.7 Å². The van der Waals surface area contributed by atoms with Gasteiger partial charge in [0, 0.05) is 18.0 Å². The predicted molar refractivity (Wildman–Crippen MR) is 121 cm³/mol. The molecule has 0 bridgehead atoms. The highest BCUT2D eigenvalue weighted by Gasteiger charge is 2.21. The molecule has 1 aliphatic heterocycles. The van der Waals surface area contributed by atoms with Crippen molar-refractivity contribution in [1.82, 2.24) is 9.88 Å². The van der Waals surface area contributed by atoms with Crippen LogP contribution in [0.1, 0.15) is 19.4 Å². The molecule has 0 atom stereocenters. The number of hydrogen-bond donors (Lipinski definition) is 2. The summed E-state index contributed by atoms with van der Waals surface area (Å²) in [6, 6.07) is 11.9. The van der Waals surface area contributed by atoms with Gasteiger partial charge >= 0.3 is 0 Å². The fraction of sp³-hybridized carbons (Fsp3) is 0.292. The fourth-order valence-electron chi connectivity index (χ4n) is 3.62. The molecule has 2 aromatic carbocycles. The van der Waals surface area contributed by atoms with Crippen LogP contribution in [-0.4, -0.2) is 53.6 Å². The van der Waals surface area contributed by atoms with Crippen molar-refractivity contribution in [2.75, 3.05) is 32.8 Å². The highest BCUT2D eigenvalue weighted by molar-refractivity contribution is 6.08. The van der Waals surface area contributed by atoms with Crippen LogP contribution in [0.3, 0.4) is 0 Å². The molecule has 4 rings (SSSR count). The van der Waals surface area contributed by atoms with Crippen molar-refractivity contribution in [3.8, 4) is 11.6 Å². The van der Waals surface area contributed by atoms with Crippen molar-refractivity contribution in [2.24, 2.45) is 4.99 Å². The zero-order valence-electron chi connectivity index (χ0n) is 17.7. The van der Waals surface area contributed by atoms with Crippen molar-refractivity contribution < 1.29 is 19.0 Å². The third-order valence-electron chi connectivity index (χ3n) is 5.34. The Labute approximate surface area is 180 Å². The molecule has 1 aromatic heterocycles. The number of aromatic nitrogens is 1. The lowest BCUT2D eigenvalue weighted by Crippen LogP contribution is -2.27. The number of ether oxygens (including phenoxy) is 2. The van der Waals surface area contributed by atoms with E-state index in [4.69, 9.17) is 9.47 Å². The molecule has 0 amide bonds. The summed E-state index contributed by atoms with van der Waals surface area (Å²) in [5.41, 5.74) is 2.55. The first-order valence-electron chi connectivity index (χ1n) is 10.4. The third kappa shape index (κ3) is 4.72. The SMILES string of the molecule is CCN(CC)CCOc1ccc(N=C2C=C(c3c(O)[nH]c4cc(F)ccc34)OC2)cc1. The zero-order valence-corrected chi connectivity index (χ0v) is 17.7. The van der Waals surface area contributed by atoms with Gasteiger partial charge in [-0.2, -0.15) is 0 Å². The summed E-state index contributed by atoms with van der Waals surface area (Å²) in [6.45, 7) is 8.16. The average Bonchev–Trinajstić information content (AvgIpc) is 3.35. The van der Waals surface area contributed by atoms with Crippen LogP contribution >= 0.6 is 0 Å². The maximum atomic E-state index is 13.4. The summed E-state index contributed by atoms with van der Waals surface area (Å²) in [7, 11) is 0. The average molecular weight is 423 g/mol. The molecule has 0 unspecified atom stereocenters. The number of benzene rings is 2. The summed E-state index contributed by atoms with van der Waals surface area (Å²) in [4.78, 5) is 9.71. The summed E-state index contributed by atoms with van der Waals surface area (Å²) in [5, 5.41) is 11.0. The van der Waals surface area contributed by atoms with E-state index in [-0.39, 0.29) is 11.7 Å². The molecule has 0 aliphatic carbocycles. The smallest absolute Gasteiger partial charge is 0.200 e. The number of H-pyrrole nitrogens is 1. The molecule has 6 nitrogen and oxygen atoms in total. The fourth-order valence-corrected chi connectivity index (χ4v) is 3.62. The van der Waals surface area contributed by atoms with Gasteiger partial charge in [-0.25, -0.2) is 9.38 Å². The molecule has 1 aliphatic rings. The van der Waals surface area contributed by atoms with Crippen LogP contribution in [0.5, 0.6) is 11.6 Å². The second-order valence-electron chi connectivity index (χ2n) is 7.31. The van der Waals surface area contributed by atoms with Gasteiger partial charge in [-0.05, 0) is 55.6 Å². The Morgan fingerprint density at radius 2 is 1.94 bits per heavy atom. The van der Waals surface area contributed by atoms with Gasteiger partial charge in [-0.3, -0.25) is 0 Å². The van der Waals surface area contributed by atoms with Gasteiger partial charge in [0.1, 0.15) is 30.5 Å². The molecule has 3 aromatic rings. The predicted octanol–water partition coefficient (Wildman–Crippen LogP) is 4.88. The Kier molecular flexibility index (Phi) is 6.23. The highest BCUT2D eigenvalue weighted by Crippen LogP contribution is 2.36. The van der Waals surface area contributed by atoms with Gasteiger partial charge in [0.2, 0.25) is 5.88 Å². The number of aliphatic imine (C=N–C) groups is 1. The number of halogens is 1. The van der Waals surface area contributed by atoms with Gasteiger partial charge in [-0.15, -0.1) is 0 Å². The van der Waals surface area contributed by atoms with E-state index in [1.165, 1.54) is 12.1 Å². The molecule has 31 heavy (non-hydrogen) atoms. The minimum Gasteiger partial charge on any atom is -0.494 e. The Morgan fingerprint density at radius 3 is 2.68 bits per heavy atom. The lowest BCUT2D eigenvalue weighted by molar-refractivity contribution is 0.223. The van der Waals surface area contributed by atoms with E-state index in [0.717, 1.165) is 36.8 Å². The van der Waals surface area contributed by atoms with E-state index in [0.29, 0.717) is 35.4 Å². The summed E-state index contributed by atoms with van der Waals surface area (Å²) >= 11 is 0. The summed E-state index contributed by atoms with van der Waals surface area (Å²) < 4.78 is 25.0. The number of nitrogens with one attached hydrogen (secondary N) is 1. The lowest BCUT2D eigenvalue weighted by Gasteiger charge is -2.17. The quantitative estimate of drug-likeness (QED) is 0.542. The standard InChI is InChI=1S/C24H26FN3O3/c1-3-28(4-2)11-12-30-19-8-6-17(7-9-19)26-18-14-22(31-15-18)23-20-10-5-16(25)13-21(20)27-24(23)29/h5-10,13-14,27,29H,3-4,11-12,15H2,1-2H3. The highest BCUT2D eigenvalue weighted by atomic mass is 19.1. The monoisotopic (exact) mass is 423 g/mol. The Hall–Kier alpha value is -3.32. The van der Waals surface area contributed by atoms with Crippen LogP contribution in [0.15, 0.2) is 53.5 Å². The van der Waals surface area contributed by atoms with Crippen LogP contribution < -0.4 is 4.74 Å². The van der Waals surface area contributed by atoms with Crippen LogP contribution in [0.2, 0.25) is 0 Å². The van der Waals surface area contributed by atoms with Gasteiger partial charge < -0.3 is 24.5 Å². The van der Waals surface area contributed by atoms with Crippen LogP contribution in [0, 0.1) is 5.82 Å². The van der Waals surface area contributed by atoms with E-state index in [1.807, 2.05) is 24.3 Å². The largest absolute Gasteiger partial charge is 0.494 e. The molecule has 0 spiro atoms. The Morgan fingerprint density at radius 1 is 1.16 bits per heavy atom. The topological polar surface area (TPSA) is 70.1 Å². The maximum absolute atomic E-state index is 13.4. The second kappa shape index (κ2) is 9.22. The first-order valence-corrected chi connectivity index (χ1v) is 10.4. The number of aromatic amines is 1. The number of fused-ring (bicyclic) bond motifs is 1. The van der Waals surface area contributed by atoms with Gasteiger partial charge in [0.05, 0.1) is 22.5 Å². The first kappa shape index (κ1) is 20.9. The number of rotatable bonds is 8. The van der Waals surface area contributed by atoms with Crippen LogP contribution in [-0.2, 0) is 4.74 Å². The number of aromatic hydroxyl groups is 1. The van der Waals surface area contributed by atoms with E-state index in [9.17, 15) is 9.50 Å². The van der Waals surface area contributed by atoms with Gasteiger partial charge in [0.25, 0.3) is 0 Å². The minimum absolute atomic E-state index is 0.0562. The maximum Gasteiger partial charge on any atom is 0.200 e. The van der Waals surface area contributed by atoms with Crippen molar-refractivity contribution in [3.63, 3.8) is 0 Å². The van der Waals surface area contributed by atoms with E-state index in [1.54, 1.807) is 12.1 Å². The summed E-state index contributed by atoms with van der Waals surface area (Å²) in [6.07, 6.45) is 1.79. The lowest BCUT2D eigenvalue weighted by atomic mass is 10.1. The van der Waals surface area contributed by atoms with E-state index >= 15 is 0 Å². The molecule has 0 radical (unpaired) electrons. The molecule has 2 N–H and O–H groups in total. The Bertz CT molecular complexity index is 1120. The van der Waals surface area contributed by atoms with Gasteiger partial charge in [-0.1, -0.05) is 13.8 Å². The molecule has 0 saturated carbocycles. The number of hydrogen-bond acceptors (Lipinski definition) is 5. The number of likely N-dealkylation sites (N-methyl/N-ethyl adjacent to an activating group) is 1. The molecular weight excluding hydrogens is 397 g/mol. The molecular formula is C24H26FN3O3. The van der Waals surface area contributed by atoms with Gasteiger partial charge in [0.15, 0.2) is 0 Å². The van der Waals surface area contributed by atoms with E-state index in [2.05, 4.69) is 28.7 Å². The van der Waals surface area contributed by atoms with Crippen molar-refractivity contribution in [1.29, 1.82) is 0 Å². The van der Waals surface area contributed by atoms with Crippen molar-refractivity contribution >= 4 is 28.1 Å². The number of nitrogens with zero attached hydrogens (tertiary/aromatic N) is 2. The van der Waals surface area contributed by atoms with Crippen molar-refractivity contribution in [3.05, 3.63) is 59.9 Å². The molecule has 0 saturated heterocycles. The second-order valence-corrected chi connectivity index (χ2v) is 7.31.